The minimum atomic E-state index is 0.667. The fourth-order valence-electron chi connectivity index (χ4n) is 1.78. The fraction of sp³-hybridized carbons (Fsp3) is 0.455. The third-order valence-electron chi connectivity index (χ3n) is 2.78. The highest BCUT2D eigenvalue weighted by Crippen LogP contribution is 2.28. The second-order valence-corrected chi connectivity index (χ2v) is 3.97. The highest BCUT2D eigenvalue weighted by atomic mass is 15.3. The maximum atomic E-state index is 4.36. The molecule has 78 valence electrons. The summed E-state index contributed by atoms with van der Waals surface area (Å²) in [6.45, 7) is 2.94. The number of hydrogen-bond acceptors (Lipinski definition) is 3. The van der Waals surface area contributed by atoms with E-state index in [0.717, 1.165) is 17.6 Å². The highest BCUT2D eigenvalue weighted by molar-refractivity contribution is 5.88. The largest absolute Gasteiger partial charge is 0.382 e. The minimum Gasteiger partial charge on any atom is -0.382 e. The first kappa shape index (κ1) is 8.71. The Balaban J connectivity index is 2.08. The van der Waals surface area contributed by atoms with Crippen LogP contribution < -0.4 is 5.32 Å². The number of aryl methyl sites for hydroxylation is 1. The molecule has 0 bridgehead atoms. The third-order valence-corrected chi connectivity index (χ3v) is 2.78. The van der Waals surface area contributed by atoms with E-state index >= 15 is 0 Å². The molecule has 1 fully saturated rings. The Morgan fingerprint density at radius 3 is 3.13 bits per heavy atom. The van der Waals surface area contributed by atoms with Crippen LogP contribution in [0.1, 0.15) is 19.8 Å². The Bertz CT molecular complexity index is 484. The number of aromatic nitrogens is 3. The maximum absolute atomic E-state index is 4.36. The van der Waals surface area contributed by atoms with Crippen LogP contribution in [0.4, 0.5) is 5.69 Å². The first-order valence-corrected chi connectivity index (χ1v) is 5.45. The van der Waals surface area contributed by atoms with Gasteiger partial charge in [-0.2, -0.15) is 5.10 Å². The van der Waals surface area contributed by atoms with Crippen LogP contribution in [0.25, 0.3) is 11.0 Å². The molecule has 0 radical (unpaired) electrons. The average Bonchev–Trinajstić information content (AvgIpc) is 2.97. The molecule has 4 heteroatoms. The van der Waals surface area contributed by atoms with E-state index in [2.05, 4.69) is 22.3 Å². The van der Waals surface area contributed by atoms with Gasteiger partial charge in [0.25, 0.3) is 0 Å². The van der Waals surface area contributed by atoms with Gasteiger partial charge >= 0.3 is 0 Å². The molecule has 0 aromatic carbocycles. The van der Waals surface area contributed by atoms with Crippen molar-refractivity contribution >= 4 is 16.7 Å². The summed E-state index contributed by atoms with van der Waals surface area (Å²) in [4.78, 5) is 4.36. The molecule has 0 atom stereocenters. The van der Waals surface area contributed by atoms with Gasteiger partial charge < -0.3 is 5.32 Å². The van der Waals surface area contributed by atoms with Crippen molar-refractivity contribution in [1.82, 2.24) is 14.8 Å². The van der Waals surface area contributed by atoms with Crippen molar-refractivity contribution in [2.75, 3.05) is 5.32 Å². The van der Waals surface area contributed by atoms with E-state index in [4.69, 9.17) is 0 Å². The summed E-state index contributed by atoms with van der Waals surface area (Å²) in [6, 6.07) is 2.70. The molecule has 0 amide bonds. The highest BCUT2D eigenvalue weighted by Gasteiger charge is 2.21. The third kappa shape index (κ3) is 1.46. The van der Waals surface area contributed by atoms with Gasteiger partial charge in [-0.15, -0.1) is 0 Å². The molecular weight excluding hydrogens is 188 g/mol. The smallest absolute Gasteiger partial charge is 0.159 e. The Kier molecular flexibility index (Phi) is 1.87. The van der Waals surface area contributed by atoms with Crippen LogP contribution >= 0.6 is 0 Å². The van der Waals surface area contributed by atoms with Crippen molar-refractivity contribution < 1.29 is 0 Å². The van der Waals surface area contributed by atoms with Crippen molar-refractivity contribution in [3.8, 4) is 0 Å². The zero-order chi connectivity index (χ0) is 10.3. The van der Waals surface area contributed by atoms with Gasteiger partial charge in [0, 0.05) is 24.5 Å². The van der Waals surface area contributed by atoms with Crippen molar-refractivity contribution in [2.45, 2.75) is 32.4 Å². The summed E-state index contributed by atoms with van der Waals surface area (Å²) in [6.07, 6.45) is 6.31. The molecule has 0 unspecified atom stereocenters. The number of fused-ring (bicyclic) bond motifs is 1. The molecule has 2 aromatic rings. The lowest BCUT2D eigenvalue weighted by molar-refractivity contribution is 0.677. The lowest BCUT2D eigenvalue weighted by Gasteiger charge is -2.05. The lowest BCUT2D eigenvalue weighted by atomic mass is 10.3. The SMILES string of the molecule is CCn1ncc2c(NC3CC3)ccnc21. The molecule has 1 aliphatic carbocycles. The number of hydrogen-bond donors (Lipinski definition) is 1. The molecule has 1 N–H and O–H groups in total. The Labute approximate surface area is 88.3 Å². The first-order chi connectivity index (χ1) is 7.38. The molecule has 1 aliphatic rings. The Hall–Kier alpha value is -1.58. The Morgan fingerprint density at radius 2 is 2.40 bits per heavy atom. The monoisotopic (exact) mass is 202 g/mol. The van der Waals surface area contributed by atoms with E-state index in [1.54, 1.807) is 0 Å². The zero-order valence-corrected chi connectivity index (χ0v) is 8.77. The van der Waals surface area contributed by atoms with Crippen LogP contribution in [0.2, 0.25) is 0 Å². The lowest BCUT2D eigenvalue weighted by Crippen LogP contribution is -2.02. The molecule has 2 heterocycles. The van der Waals surface area contributed by atoms with Gasteiger partial charge in [-0.1, -0.05) is 0 Å². The van der Waals surface area contributed by atoms with E-state index in [1.165, 1.54) is 18.5 Å². The molecule has 3 rings (SSSR count). The van der Waals surface area contributed by atoms with Crippen LogP contribution in [-0.4, -0.2) is 20.8 Å². The fourth-order valence-corrected chi connectivity index (χ4v) is 1.78. The van der Waals surface area contributed by atoms with E-state index in [-0.39, 0.29) is 0 Å². The molecule has 1 saturated carbocycles. The minimum absolute atomic E-state index is 0.667. The first-order valence-electron chi connectivity index (χ1n) is 5.45. The summed E-state index contributed by atoms with van der Waals surface area (Å²) in [5, 5.41) is 8.95. The molecule has 4 nitrogen and oxygen atoms in total. The molecule has 0 aliphatic heterocycles. The van der Waals surface area contributed by atoms with E-state index in [9.17, 15) is 0 Å². The maximum Gasteiger partial charge on any atom is 0.159 e. The van der Waals surface area contributed by atoms with Crippen LogP contribution in [0, 0.1) is 0 Å². The summed E-state index contributed by atoms with van der Waals surface area (Å²) < 4.78 is 1.92. The second-order valence-electron chi connectivity index (χ2n) is 3.97. The molecule has 2 aromatic heterocycles. The van der Waals surface area contributed by atoms with Crippen LogP contribution in [-0.2, 0) is 6.54 Å². The van der Waals surface area contributed by atoms with Gasteiger partial charge in [0.1, 0.15) is 0 Å². The van der Waals surface area contributed by atoms with E-state index in [0.29, 0.717) is 6.04 Å². The van der Waals surface area contributed by atoms with Crippen molar-refractivity contribution in [1.29, 1.82) is 0 Å². The quantitative estimate of drug-likeness (QED) is 0.828. The van der Waals surface area contributed by atoms with Crippen LogP contribution in [0.5, 0.6) is 0 Å². The standard InChI is InChI=1S/C11H14N4/c1-2-15-11-9(7-13-15)10(5-6-12-11)14-8-3-4-8/h5-8H,2-4H2,1H3,(H,12,14). The van der Waals surface area contributed by atoms with Crippen molar-refractivity contribution in [3.05, 3.63) is 18.5 Å². The average molecular weight is 202 g/mol. The molecule has 0 spiro atoms. The van der Waals surface area contributed by atoms with Crippen LogP contribution in [0.3, 0.4) is 0 Å². The Morgan fingerprint density at radius 1 is 1.53 bits per heavy atom. The molecule has 0 saturated heterocycles. The summed E-state index contributed by atoms with van der Waals surface area (Å²) in [5.41, 5.74) is 2.14. The summed E-state index contributed by atoms with van der Waals surface area (Å²) in [7, 11) is 0. The predicted octanol–water partition coefficient (Wildman–Crippen LogP) is 2.03. The van der Waals surface area contributed by atoms with Gasteiger partial charge in [0.2, 0.25) is 0 Å². The van der Waals surface area contributed by atoms with Gasteiger partial charge in [-0.3, -0.25) is 0 Å². The topological polar surface area (TPSA) is 42.7 Å². The van der Waals surface area contributed by atoms with E-state index in [1.807, 2.05) is 23.1 Å². The molecule has 15 heavy (non-hydrogen) atoms. The van der Waals surface area contributed by atoms with Crippen LogP contribution in [0.15, 0.2) is 18.5 Å². The van der Waals surface area contributed by atoms with Crippen molar-refractivity contribution in [2.24, 2.45) is 0 Å². The number of nitrogens with one attached hydrogen (secondary N) is 1. The normalized spacial score (nSPS) is 15.8. The number of rotatable bonds is 3. The van der Waals surface area contributed by atoms with E-state index < -0.39 is 0 Å². The van der Waals surface area contributed by atoms with Gasteiger partial charge in [0.05, 0.1) is 11.6 Å². The van der Waals surface area contributed by atoms with Gasteiger partial charge in [0.15, 0.2) is 5.65 Å². The van der Waals surface area contributed by atoms with Crippen molar-refractivity contribution in [3.63, 3.8) is 0 Å². The van der Waals surface area contributed by atoms with Gasteiger partial charge in [-0.05, 0) is 25.8 Å². The summed E-state index contributed by atoms with van der Waals surface area (Å²) >= 11 is 0. The number of pyridine rings is 1. The molecular formula is C11H14N4. The van der Waals surface area contributed by atoms with Gasteiger partial charge in [-0.25, -0.2) is 9.67 Å². The zero-order valence-electron chi connectivity index (χ0n) is 8.77. The summed E-state index contributed by atoms with van der Waals surface area (Å²) in [5.74, 6) is 0. The number of anilines is 1. The predicted molar refractivity (Wildman–Crippen MR) is 59.8 cm³/mol. The number of nitrogens with zero attached hydrogens (tertiary/aromatic N) is 3. The second kappa shape index (κ2) is 3.22.